The topological polar surface area (TPSA) is 58.2 Å². The molecule has 0 saturated carbocycles. The van der Waals surface area contributed by atoms with Gasteiger partial charge in [-0.05, 0) is 23.3 Å². The molecule has 0 unspecified atom stereocenters. The monoisotopic (exact) mass is 406 g/mol. The summed E-state index contributed by atoms with van der Waals surface area (Å²) < 4.78 is 27.7. The Hall–Kier alpha value is -3.80. The van der Waals surface area contributed by atoms with E-state index in [4.69, 9.17) is 0 Å². The van der Waals surface area contributed by atoms with Crippen molar-refractivity contribution in [1.29, 1.82) is 0 Å². The maximum atomic E-state index is 14.1. The second-order valence-electron chi connectivity index (χ2n) is 6.54. The van der Waals surface area contributed by atoms with Crippen molar-refractivity contribution < 1.29 is 18.4 Å². The van der Waals surface area contributed by atoms with Crippen LogP contribution in [0.1, 0.15) is 16.7 Å². The average Bonchev–Trinajstić information content (AvgIpc) is 2.78. The van der Waals surface area contributed by atoms with Crippen molar-refractivity contribution in [1.82, 2.24) is 10.6 Å². The summed E-state index contributed by atoms with van der Waals surface area (Å²) in [5.74, 6) is -3.56. The highest BCUT2D eigenvalue weighted by Gasteiger charge is 2.19. The summed E-state index contributed by atoms with van der Waals surface area (Å²) in [7, 11) is 0. The molecular formula is C24H20F2N2O2. The van der Waals surface area contributed by atoms with E-state index < -0.39 is 23.4 Å². The van der Waals surface area contributed by atoms with Crippen LogP contribution in [0.5, 0.6) is 0 Å². The first-order chi connectivity index (χ1) is 14.5. The first-order valence-corrected chi connectivity index (χ1v) is 9.34. The lowest BCUT2D eigenvalue weighted by Gasteiger charge is -2.11. The van der Waals surface area contributed by atoms with Crippen LogP contribution >= 0.6 is 0 Å². The van der Waals surface area contributed by atoms with Gasteiger partial charge in [0.15, 0.2) is 11.6 Å². The van der Waals surface area contributed by atoms with E-state index in [9.17, 15) is 18.4 Å². The SMILES string of the molecule is O=C(NCc1ccccc1)C(=Cc1cccc(F)c1F)C(=O)NCc1ccccc1. The molecule has 0 fully saturated rings. The fraction of sp³-hybridized carbons (Fsp3) is 0.0833. The van der Waals surface area contributed by atoms with E-state index >= 15 is 0 Å². The van der Waals surface area contributed by atoms with Crippen LogP contribution in [0.2, 0.25) is 0 Å². The molecule has 0 heterocycles. The smallest absolute Gasteiger partial charge is 0.257 e. The number of nitrogens with one attached hydrogen (secondary N) is 2. The Morgan fingerprint density at radius 2 is 1.20 bits per heavy atom. The highest BCUT2D eigenvalue weighted by atomic mass is 19.2. The number of amides is 2. The highest BCUT2D eigenvalue weighted by Crippen LogP contribution is 2.16. The van der Waals surface area contributed by atoms with E-state index in [1.54, 1.807) is 0 Å². The van der Waals surface area contributed by atoms with Crippen LogP contribution < -0.4 is 10.6 Å². The van der Waals surface area contributed by atoms with Crippen LogP contribution in [0.25, 0.3) is 6.08 Å². The first kappa shape index (κ1) is 20.9. The van der Waals surface area contributed by atoms with E-state index in [0.29, 0.717) is 0 Å². The summed E-state index contributed by atoms with van der Waals surface area (Å²) in [6, 6.07) is 21.9. The summed E-state index contributed by atoms with van der Waals surface area (Å²) in [5.41, 5.74) is 1.18. The van der Waals surface area contributed by atoms with Gasteiger partial charge < -0.3 is 10.6 Å². The van der Waals surface area contributed by atoms with E-state index in [2.05, 4.69) is 10.6 Å². The van der Waals surface area contributed by atoms with E-state index in [1.807, 2.05) is 60.7 Å². The van der Waals surface area contributed by atoms with Gasteiger partial charge in [0.2, 0.25) is 0 Å². The maximum absolute atomic E-state index is 14.1. The number of halogens is 2. The Kier molecular flexibility index (Phi) is 7.05. The van der Waals surface area contributed by atoms with E-state index in [1.165, 1.54) is 12.1 Å². The molecule has 0 aliphatic heterocycles. The number of benzene rings is 3. The zero-order valence-electron chi connectivity index (χ0n) is 16.1. The molecule has 3 aromatic carbocycles. The molecule has 4 nitrogen and oxygen atoms in total. The summed E-state index contributed by atoms with van der Waals surface area (Å²) in [6.07, 6.45) is 1.05. The van der Waals surface area contributed by atoms with Crippen molar-refractivity contribution in [3.05, 3.63) is 113 Å². The van der Waals surface area contributed by atoms with Crippen molar-refractivity contribution in [2.24, 2.45) is 0 Å². The second kappa shape index (κ2) is 10.1. The molecule has 0 saturated heterocycles. The lowest BCUT2D eigenvalue weighted by atomic mass is 10.1. The standard InChI is InChI=1S/C24H20F2N2O2/c25-21-13-7-12-19(22(21)26)14-20(23(29)27-15-17-8-3-1-4-9-17)24(30)28-16-18-10-5-2-6-11-18/h1-14H,15-16H2,(H,27,29)(H,28,30). The predicted molar refractivity (Wildman–Crippen MR) is 111 cm³/mol. The Morgan fingerprint density at radius 3 is 1.70 bits per heavy atom. The van der Waals surface area contributed by atoms with Gasteiger partial charge >= 0.3 is 0 Å². The minimum absolute atomic E-state index is 0.185. The molecule has 0 spiro atoms. The van der Waals surface area contributed by atoms with Gasteiger partial charge in [0, 0.05) is 18.7 Å². The van der Waals surface area contributed by atoms with E-state index in [-0.39, 0.29) is 24.2 Å². The minimum Gasteiger partial charge on any atom is -0.348 e. The van der Waals surface area contributed by atoms with Crippen LogP contribution in [0, 0.1) is 11.6 Å². The molecule has 0 aromatic heterocycles. The van der Waals surface area contributed by atoms with Gasteiger partial charge in [0.25, 0.3) is 11.8 Å². The zero-order valence-corrected chi connectivity index (χ0v) is 16.1. The van der Waals surface area contributed by atoms with Crippen molar-refractivity contribution in [2.45, 2.75) is 13.1 Å². The minimum atomic E-state index is -1.12. The molecule has 30 heavy (non-hydrogen) atoms. The Morgan fingerprint density at radius 1 is 0.700 bits per heavy atom. The van der Waals surface area contributed by atoms with Gasteiger partial charge in [-0.1, -0.05) is 72.8 Å². The van der Waals surface area contributed by atoms with Crippen molar-refractivity contribution >= 4 is 17.9 Å². The van der Waals surface area contributed by atoms with E-state index in [0.717, 1.165) is 23.3 Å². The summed E-state index contributed by atoms with van der Waals surface area (Å²) in [6.45, 7) is 0.378. The van der Waals surface area contributed by atoms with Crippen LogP contribution in [0.3, 0.4) is 0 Å². The first-order valence-electron chi connectivity index (χ1n) is 9.34. The molecule has 2 amide bonds. The third-order valence-corrected chi connectivity index (χ3v) is 4.36. The fourth-order valence-electron chi connectivity index (χ4n) is 2.77. The highest BCUT2D eigenvalue weighted by molar-refractivity contribution is 6.21. The fourth-order valence-corrected chi connectivity index (χ4v) is 2.77. The molecule has 0 aliphatic carbocycles. The van der Waals surface area contributed by atoms with Gasteiger partial charge in [0.05, 0.1) is 0 Å². The van der Waals surface area contributed by atoms with Gasteiger partial charge in [-0.15, -0.1) is 0 Å². The molecule has 0 atom stereocenters. The summed E-state index contributed by atoms with van der Waals surface area (Å²) in [5, 5.41) is 5.30. The van der Waals surface area contributed by atoms with Gasteiger partial charge in [0.1, 0.15) is 5.57 Å². The van der Waals surface area contributed by atoms with Crippen molar-refractivity contribution in [2.75, 3.05) is 0 Å². The third-order valence-electron chi connectivity index (χ3n) is 4.36. The lowest BCUT2D eigenvalue weighted by molar-refractivity contribution is -0.123. The lowest BCUT2D eigenvalue weighted by Crippen LogP contribution is -2.34. The molecule has 3 aromatic rings. The Bertz CT molecular complexity index is 994. The van der Waals surface area contributed by atoms with Crippen LogP contribution in [0.15, 0.2) is 84.4 Å². The zero-order chi connectivity index (χ0) is 21.3. The average molecular weight is 406 g/mol. The molecule has 0 bridgehead atoms. The number of carbonyl (C=O) groups excluding carboxylic acids is 2. The number of rotatable bonds is 7. The van der Waals surface area contributed by atoms with Gasteiger partial charge in [-0.3, -0.25) is 9.59 Å². The largest absolute Gasteiger partial charge is 0.348 e. The normalized spacial score (nSPS) is 10.2. The molecule has 0 aliphatic rings. The van der Waals surface area contributed by atoms with Crippen molar-refractivity contribution in [3.8, 4) is 0 Å². The molecule has 0 radical (unpaired) electrons. The number of hydrogen-bond donors (Lipinski definition) is 2. The molecule has 152 valence electrons. The van der Waals surface area contributed by atoms with Gasteiger partial charge in [-0.2, -0.15) is 0 Å². The van der Waals surface area contributed by atoms with Crippen LogP contribution in [0.4, 0.5) is 8.78 Å². The van der Waals surface area contributed by atoms with Crippen LogP contribution in [-0.2, 0) is 22.7 Å². The molecule has 3 rings (SSSR count). The Labute approximate surface area is 173 Å². The molecule has 2 N–H and O–H groups in total. The Balaban J connectivity index is 1.81. The summed E-state index contributed by atoms with van der Waals surface area (Å²) >= 11 is 0. The quantitative estimate of drug-likeness (QED) is 0.354. The number of hydrogen-bond acceptors (Lipinski definition) is 2. The maximum Gasteiger partial charge on any atom is 0.257 e. The third kappa shape index (κ3) is 5.61. The summed E-state index contributed by atoms with van der Waals surface area (Å²) in [4.78, 5) is 25.4. The molecule has 6 heteroatoms. The van der Waals surface area contributed by atoms with Crippen molar-refractivity contribution in [3.63, 3.8) is 0 Å². The second-order valence-corrected chi connectivity index (χ2v) is 6.54. The van der Waals surface area contributed by atoms with Crippen LogP contribution in [-0.4, -0.2) is 11.8 Å². The predicted octanol–water partition coefficient (Wildman–Crippen LogP) is 3.98. The van der Waals surface area contributed by atoms with Gasteiger partial charge in [-0.25, -0.2) is 8.78 Å². The molecular weight excluding hydrogens is 386 g/mol. The number of carbonyl (C=O) groups is 2.